The van der Waals surface area contributed by atoms with E-state index in [9.17, 15) is 4.79 Å². The fourth-order valence-corrected chi connectivity index (χ4v) is 3.20. The van der Waals surface area contributed by atoms with Gasteiger partial charge in [-0.3, -0.25) is 4.79 Å². The normalized spacial score (nSPS) is 11.5. The predicted octanol–water partition coefficient (Wildman–Crippen LogP) is 2.55. The van der Waals surface area contributed by atoms with Crippen LogP contribution in [0, 0.1) is 6.92 Å². The van der Waals surface area contributed by atoms with Gasteiger partial charge < -0.3 is 14.6 Å². The summed E-state index contributed by atoms with van der Waals surface area (Å²) in [6.07, 6.45) is 0. The van der Waals surface area contributed by atoms with Gasteiger partial charge in [0.05, 0.1) is 26.2 Å². The average Bonchev–Trinajstić information content (AvgIpc) is 2.96. The summed E-state index contributed by atoms with van der Waals surface area (Å²) in [6.45, 7) is 10.0. The Hall–Kier alpha value is -2.33. The number of hydrogen-bond donors (Lipinski definition) is 2. The lowest BCUT2D eigenvalue weighted by Gasteiger charge is -2.15. The van der Waals surface area contributed by atoms with E-state index in [-0.39, 0.29) is 5.91 Å². The highest BCUT2D eigenvalue weighted by atomic mass is 16.3. The number of aryl methyl sites for hydroxylation is 1. The Kier molecular flexibility index (Phi) is 4.86. The van der Waals surface area contributed by atoms with E-state index in [1.54, 1.807) is 0 Å². The maximum absolute atomic E-state index is 12.5. The molecule has 0 atom stereocenters. The first-order valence-corrected chi connectivity index (χ1v) is 8.68. The molecule has 0 spiro atoms. The molecule has 126 valence electrons. The molecule has 2 aromatic carbocycles. The van der Waals surface area contributed by atoms with Crippen molar-refractivity contribution in [2.45, 2.75) is 20.8 Å². The van der Waals surface area contributed by atoms with Gasteiger partial charge in [0.25, 0.3) is 5.91 Å². The topological polar surface area (TPSA) is 46.7 Å². The molecule has 0 bridgehead atoms. The summed E-state index contributed by atoms with van der Waals surface area (Å²) in [7, 11) is 0. The van der Waals surface area contributed by atoms with Crippen LogP contribution in [0.2, 0.25) is 0 Å². The number of quaternary nitrogens is 1. The van der Waals surface area contributed by atoms with Gasteiger partial charge in [-0.2, -0.15) is 0 Å². The predicted molar refractivity (Wildman–Crippen MR) is 97.7 cm³/mol. The Labute approximate surface area is 142 Å². The third-order valence-corrected chi connectivity index (χ3v) is 4.80. The number of nitrogens with one attached hydrogen (secondary N) is 2. The van der Waals surface area contributed by atoms with Crippen LogP contribution in [-0.4, -0.2) is 32.1 Å². The first-order valence-electron chi connectivity index (χ1n) is 8.68. The van der Waals surface area contributed by atoms with Crippen molar-refractivity contribution < 1.29 is 14.1 Å². The second-order valence-electron chi connectivity index (χ2n) is 6.18. The van der Waals surface area contributed by atoms with E-state index in [4.69, 9.17) is 4.42 Å². The van der Waals surface area contributed by atoms with Crippen LogP contribution < -0.4 is 10.2 Å². The molecule has 0 saturated heterocycles. The van der Waals surface area contributed by atoms with E-state index >= 15 is 0 Å². The smallest absolute Gasteiger partial charge is 0.287 e. The molecule has 4 heteroatoms. The zero-order valence-electron chi connectivity index (χ0n) is 14.6. The number of likely N-dealkylation sites (N-methyl/N-ethyl adjacent to an activating group) is 1. The fourth-order valence-electron chi connectivity index (χ4n) is 3.20. The maximum Gasteiger partial charge on any atom is 0.287 e. The highest BCUT2D eigenvalue weighted by Gasteiger charge is 2.19. The molecule has 24 heavy (non-hydrogen) atoms. The van der Waals surface area contributed by atoms with Crippen LogP contribution in [0.5, 0.6) is 0 Å². The van der Waals surface area contributed by atoms with E-state index in [2.05, 4.69) is 31.3 Å². The Morgan fingerprint density at radius 2 is 1.83 bits per heavy atom. The van der Waals surface area contributed by atoms with E-state index in [0.29, 0.717) is 12.3 Å². The van der Waals surface area contributed by atoms with Gasteiger partial charge in [0.15, 0.2) is 5.76 Å². The van der Waals surface area contributed by atoms with Crippen molar-refractivity contribution in [1.29, 1.82) is 0 Å². The SMILES string of the molecule is CC[NH+](CC)CCNC(=O)c1oc2c(ccc3ccccc32)c1C. The van der Waals surface area contributed by atoms with Gasteiger partial charge in [0.2, 0.25) is 0 Å². The number of rotatable bonds is 6. The summed E-state index contributed by atoms with van der Waals surface area (Å²) in [4.78, 5) is 14.0. The van der Waals surface area contributed by atoms with Crippen LogP contribution in [0.15, 0.2) is 40.8 Å². The molecule has 0 aliphatic rings. The van der Waals surface area contributed by atoms with Crippen molar-refractivity contribution in [3.8, 4) is 0 Å². The van der Waals surface area contributed by atoms with Crippen LogP contribution >= 0.6 is 0 Å². The lowest BCUT2D eigenvalue weighted by atomic mass is 10.1. The zero-order valence-corrected chi connectivity index (χ0v) is 14.6. The summed E-state index contributed by atoms with van der Waals surface area (Å²) >= 11 is 0. The molecule has 3 aromatic rings. The summed E-state index contributed by atoms with van der Waals surface area (Å²) < 4.78 is 5.97. The maximum atomic E-state index is 12.5. The van der Waals surface area contributed by atoms with E-state index in [1.165, 1.54) is 4.90 Å². The van der Waals surface area contributed by atoms with Crippen molar-refractivity contribution in [1.82, 2.24) is 5.32 Å². The van der Waals surface area contributed by atoms with E-state index in [0.717, 1.165) is 46.9 Å². The number of carbonyl (C=O) groups is 1. The van der Waals surface area contributed by atoms with Crippen LogP contribution in [0.4, 0.5) is 0 Å². The molecular weight excluding hydrogens is 300 g/mol. The Bertz CT molecular complexity index is 863. The number of hydrogen-bond acceptors (Lipinski definition) is 2. The van der Waals surface area contributed by atoms with Crippen molar-refractivity contribution in [2.24, 2.45) is 0 Å². The van der Waals surface area contributed by atoms with Crippen molar-refractivity contribution in [2.75, 3.05) is 26.2 Å². The summed E-state index contributed by atoms with van der Waals surface area (Å²) in [5, 5.41) is 6.17. The Balaban J connectivity index is 1.85. The van der Waals surface area contributed by atoms with Crippen molar-refractivity contribution >= 4 is 27.6 Å². The summed E-state index contributed by atoms with van der Waals surface area (Å²) in [6, 6.07) is 12.2. The van der Waals surface area contributed by atoms with Gasteiger partial charge in [0, 0.05) is 16.3 Å². The fraction of sp³-hybridized carbons (Fsp3) is 0.350. The van der Waals surface area contributed by atoms with Crippen LogP contribution in [0.3, 0.4) is 0 Å². The monoisotopic (exact) mass is 325 g/mol. The first kappa shape index (κ1) is 16.5. The van der Waals surface area contributed by atoms with Gasteiger partial charge in [0.1, 0.15) is 5.58 Å². The molecule has 0 radical (unpaired) electrons. The van der Waals surface area contributed by atoms with Gasteiger partial charge in [-0.25, -0.2) is 0 Å². The van der Waals surface area contributed by atoms with E-state index < -0.39 is 0 Å². The van der Waals surface area contributed by atoms with Crippen molar-refractivity contribution in [3.05, 3.63) is 47.7 Å². The minimum absolute atomic E-state index is 0.126. The van der Waals surface area contributed by atoms with Crippen LogP contribution in [0.1, 0.15) is 30.0 Å². The average molecular weight is 325 g/mol. The molecule has 0 fully saturated rings. The van der Waals surface area contributed by atoms with Gasteiger partial charge in [-0.15, -0.1) is 0 Å². The third kappa shape index (κ3) is 3.02. The molecule has 0 unspecified atom stereocenters. The highest BCUT2D eigenvalue weighted by Crippen LogP contribution is 2.31. The van der Waals surface area contributed by atoms with Gasteiger partial charge in [-0.1, -0.05) is 36.4 Å². The number of amides is 1. The van der Waals surface area contributed by atoms with Crippen LogP contribution in [-0.2, 0) is 0 Å². The standard InChI is InChI=1S/C20H24N2O2/c1-4-22(5-2)13-12-21-20(23)18-14(3)16-11-10-15-8-6-7-9-17(15)19(16)24-18/h6-11H,4-5,12-13H2,1-3H3,(H,21,23)/p+1. The zero-order chi connectivity index (χ0) is 17.1. The largest absolute Gasteiger partial charge is 0.450 e. The molecule has 0 aliphatic heterocycles. The molecule has 3 rings (SSSR count). The van der Waals surface area contributed by atoms with Gasteiger partial charge >= 0.3 is 0 Å². The highest BCUT2D eigenvalue weighted by molar-refractivity contribution is 6.08. The number of carbonyl (C=O) groups excluding carboxylic acids is 1. The Morgan fingerprint density at radius 1 is 1.08 bits per heavy atom. The lowest BCUT2D eigenvalue weighted by molar-refractivity contribution is -0.895. The quantitative estimate of drug-likeness (QED) is 0.732. The molecule has 1 amide bonds. The molecule has 0 saturated carbocycles. The number of benzene rings is 2. The molecular formula is C20H25N2O2+. The van der Waals surface area contributed by atoms with Crippen molar-refractivity contribution in [3.63, 3.8) is 0 Å². The minimum Gasteiger partial charge on any atom is -0.450 e. The minimum atomic E-state index is -0.126. The number of furan rings is 1. The van der Waals surface area contributed by atoms with Crippen LogP contribution in [0.25, 0.3) is 21.7 Å². The van der Waals surface area contributed by atoms with E-state index in [1.807, 2.05) is 31.2 Å². The molecule has 1 aromatic heterocycles. The molecule has 2 N–H and O–H groups in total. The number of fused-ring (bicyclic) bond motifs is 3. The molecule has 0 aliphatic carbocycles. The molecule has 4 nitrogen and oxygen atoms in total. The third-order valence-electron chi connectivity index (χ3n) is 4.80. The first-order chi connectivity index (χ1) is 11.7. The lowest BCUT2D eigenvalue weighted by Crippen LogP contribution is -3.12. The second kappa shape index (κ2) is 7.05. The molecule has 1 heterocycles. The Morgan fingerprint density at radius 3 is 2.58 bits per heavy atom. The summed E-state index contributed by atoms with van der Waals surface area (Å²) in [5.74, 6) is 0.301. The second-order valence-corrected chi connectivity index (χ2v) is 6.18. The van der Waals surface area contributed by atoms with Gasteiger partial charge in [-0.05, 0) is 26.2 Å². The summed E-state index contributed by atoms with van der Waals surface area (Å²) in [5.41, 5.74) is 1.70.